The summed E-state index contributed by atoms with van der Waals surface area (Å²) in [6.07, 6.45) is 3.82. The molecule has 1 amide bonds. The molecule has 0 saturated heterocycles. The molecule has 1 saturated carbocycles. The number of aliphatic carboxylic acids is 1. The van der Waals surface area contributed by atoms with E-state index >= 15 is 0 Å². The Morgan fingerprint density at radius 2 is 1.86 bits per heavy atom. The molecule has 4 nitrogen and oxygen atoms in total. The van der Waals surface area contributed by atoms with E-state index in [2.05, 4.69) is 5.32 Å². The topological polar surface area (TPSA) is 66.4 Å². The van der Waals surface area contributed by atoms with Crippen molar-refractivity contribution >= 4 is 11.9 Å². The maximum absolute atomic E-state index is 12.2. The number of carboxylic acid groups (broad SMARTS) is 1. The molecule has 114 valence electrons. The van der Waals surface area contributed by atoms with E-state index in [0.717, 1.165) is 31.2 Å². The van der Waals surface area contributed by atoms with Gasteiger partial charge in [-0.05, 0) is 43.4 Å². The molecule has 1 aliphatic rings. The predicted octanol–water partition coefficient (Wildman–Crippen LogP) is 2.75. The average molecular weight is 289 g/mol. The van der Waals surface area contributed by atoms with Crippen LogP contribution in [0.5, 0.6) is 0 Å². The highest BCUT2D eigenvalue weighted by molar-refractivity contribution is 5.80. The highest BCUT2D eigenvalue weighted by Gasteiger charge is 2.37. The van der Waals surface area contributed by atoms with E-state index in [1.807, 2.05) is 32.0 Å². The number of benzene rings is 1. The molecule has 0 bridgehead atoms. The Balaban J connectivity index is 2.02. The van der Waals surface area contributed by atoms with Crippen LogP contribution in [0.4, 0.5) is 0 Å². The second kappa shape index (κ2) is 6.29. The normalized spacial score (nSPS) is 16.7. The van der Waals surface area contributed by atoms with Gasteiger partial charge in [0.25, 0.3) is 0 Å². The third kappa shape index (κ3) is 4.06. The van der Waals surface area contributed by atoms with E-state index in [9.17, 15) is 9.59 Å². The molecule has 0 unspecified atom stereocenters. The van der Waals surface area contributed by atoms with Crippen LogP contribution >= 0.6 is 0 Å². The van der Waals surface area contributed by atoms with Crippen LogP contribution in [0.3, 0.4) is 0 Å². The van der Waals surface area contributed by atoms with Crippen molar-refractivity contribution in [1.82, 2.24) is 5.32 Å². The van der Waals surface area contributed by atoms with Crippen LogP contribution in [0.2, 0.25) is 0 Å². The van der Waals surface area contributed by atoms with Crippen LogP contribution in [0.1, 0.15) is 48.8 Å². The Morgan fingerprint density at radius 3 is 2.43 bits per heavy atom. The smallest absolute Gasteiger partial charge is 0.305 e. The third-order valence-corrected chi connectivity index (χ3v) is 4.39. The lowest BCUT2D eigenvalue weighted by atomic mass is 9.92. The van der Waals surface area contributed by atoms with Gasteiger partial charge in [-0.3, -0.25) is 9.59 Å². The van der Waals surface area contributed by atoms with Crippen LogP contribution in [-0.4, -0.2) is 22.5 Å². The minimum absolute atomic E-state index is 0.0195. The first kappa shape index (κ1) is 15.5. The molecule has 2 rings (SSSR count). The lowest BCUT2D eigenvalue weighted by Crippen LogP contribution is -2.48. The SMILES string of the molecule is Cc1ccc(CC(=O)NC2(CC(=O)O)CCCC2)cc1C. The van der Waals surface area contributed by atoms with Crippen molar-refractivity contribution in [1.29, 1.82) is 0 Å². The van der Waals surface area contributed by atoms with E-state index in [1.165, 1.54) is 11.1 Å². The number of rotatable bonds is 5. The molecular weight excluding hydrogens is 266 g/mol. The zero-order chi connectivity index (χ0) is 15.5. The lowest BCUT2D eigenvalue weighted by Gasteiger charge is -2.28. The van der Waals surface area contributed by atoms with Crippen molar-refractivity contribution in [3.05, 3.63) is 34.9 Å². The molecule has 2 N–H and O–H groups in total. The van der Waals surface area contributed by atoms with Crippen molar-refractivity contribution in [2.75, 3.05) is 0 Å². The minimum Gasteiger partial charge on any atom is -0.481 e. The number of carbonyl (C=O) groups is 2. The zero-order valence-electron chi connectivity index (χ0n) is 12.7. The Labute approximate surface area is 125 Å². The summed E-state index contributed by atoms with van der Waals surface area (Å²) in [6.45, 7) is 4.07. The van der Waals surface area contributed by atoms with Gasteiger partial charge in [0.15, 0.2) is 0 Å². The third-order valence-electron chi connectivity index (χ3n) is 4.39. The summed E-state index contributed by atoms with van der Waals surface area (Å²) in [4.78, 5) is 23.3. The minimum atomic E-state index is -0.844. The fourth-order valence-corrected chi connectivity index (χ4v) is 3.13. The molecule has 0 aromatic heterocycles. The number of hydrogen-bond donors (Lipinski definition) is 2. The summed E-state index contributed by atoms with van der Waals surface area (Å²) in [5.41, 5.74) is 2.81. The molecular formula is C17H23NO3. The largest absolute Gasteiger partial charge is 0.481 e. The Morgan fingerprint density at radius 1 is 1.19 bits per heavy atom. The fourth-order valence-electron chi connectivity index (χ4n) is 3.13. The quantitative estimate of drug-likeness (QED) is 0.876. The van der Waals surface area contributed by atoms with Gasteiger partial charge in [-0.25, -0.2) is 0 Å². The molecule has 4 heteroatoms. The molecule has 1 aliphatic carbocycles. The average Bonchev–Trinajstić information content (AvgIpc) is 2.80. The van der Waals surface area contributed by atoms with Gasteiger partial charge in [-0.15, -0.1) is 0 Å². The molecule has 1 aromatic rings. The first-order valence-corrected chi connectivity index (χ1v) is 7.49. The van der Waals surface area contributed by atoms with Crippen LogP contribution in [0.25, 0.3) is 0 Å². The number of carboxylic acids is 1. The summed E-state index contributed by atoms with van der Waals surface area (Å²) in [5.74, 6) is -0.926. The monoisotopic (exact) mass is 289 g/mol. The maximum Gasteiger partial charge on any atom is 0.305 e. The van der Waals surface area contributed by atoms with Gasteiger partial charge in [-0.1, -0.05) is 31.0 Å². The van der Waals surface area contributed by atoms with Gasteiger partial charge in [0.05, 0.1) is 18.4 Å². The van der Waals surface area contributed by atoms with E-state index in [1.54, 1.807) is 0 Å². The highest BCUT2D eigenvalue weighted by Crippen LogP contribution is 2.32. The summed E-state index contributed by atoms with van der Waals surface area (Å²) in [6, 6.07) is 5.99. The molecule has 1 fully saturated rings. The lowest BCUT2D eigenvalue weighted by molar-refractivity contribution is -0.139. The Hall–Kier alpha value is -1.84. The summed E-state index contributed by atoms with van der Waals surface area (Å²) >= 11 is 0. The molecule has 0 heterocycles. The maximum atomic E-state index is 12.2. The zero-order valence-corrected chi connectivity index (χ0v) is 12.7. The summed E-state index contributed by atoms with van der Waals surface area (Å²) in [5, 5.41) is 12.0. The predicted molar refractivity (Wildman–Crippen MR) is 81.2 cm³/mol. The van der Waals surface area contributed by atoms with Crippen LogP contribution < -0.4 is 5.32 Å². The van der Waals surface area contributed by atoms with Crippen LogP contribution in [0.15, 0.2) is 18.2 Å². The first-order chi connectivity index (χ1) is 9.90. The van der Waals surface area contributed by atoms with Crippen LogP contribution in [0, 0.1) is 13.8 Å². The second-order valence-corrected chi connectivity index (χ2v) is 6.20. The van der Waals surface area contributed by atoms with Crippen molar-refractivity contribution in [2.45, 2.75) is 57.9 Å². The Kier molecular flexibility index (Phi) is 4.66. The first-order valence-electron chi connectivity index (χ1n) is 7.49. The van der Waals surface area contributed by atoms with Crippen molar-refractivity contribution in [2.24, 2.45) is 0 Å². The number of hydrogen-bond acceptors (Lipinski definition) is 2. The number of nitrogens with one attached hydrogen (secondary N) is 1. The van der Waals surface area contributed by atoms with E-state index in [0.29, 0.717) is 6.42 Å². The fraction of sp³-hybridized carbons (Fsp3) is 0.529. The molecule has 0 aliphatic heterocycles. The summed E-state index contributed by atoms with van der Waals surface area (Å²) < 4.78 is 0. The van der Waals surface area contributed by atoms with Gasteiger partial charge in [0.1, 0.15) is 0 Å². The molecule has 1 aromatic carbocycles. The number of aryl methyl sites for hydroxylation is 2. The number of carbonyl (C=O) groups excluding carboxylic acids is 1. The van der Waals surface area contributed by atoms with Gasteiger partial charge in [-0.2, -0.15) is 0 Å². The molecule has 21 heavy (non-hydrogen) atoms. The summed E-state index contributed by atoms with van der Waals surface area (Å²) in [7, 11) is 0. The second-order valence-electron chi connectivity index (χ2n) is 6.20. The van der Waals surface area contributed by atoms with Crippen molar-refractivity contribution in [3.8, 4) is 0 Å². The van der Waals surface area contributed by atoms with E-state index in [4.69, 9.17) is 5.11 Å². The molecule has 0 atom stereocenters. The van der Waals surface area contributed by atoms with Gasteiger partial charge < -0.3 is 10.4 Å². The highest BCUT2D eigenvalue weighted by atomic mass is 16.4. The van der Waals surface area contributed by atoms with Gasteiger partial charge >= 0.3 is 5.97 Å². The molecule has 0 radical (unpaired) electrons. The Bertz CT molecular complexity index is 545. The van der Waals surface area contributed by atoms with Gasteiger partial charge in [0, 0.05) is 0 Å². The molecule has 0 spiro atoms. The standard InChI is InChI=1S/C17H23NO3/c1-12-5-6-14(9-13(12)2)10-15(19)18-17(11-16(20)21)7-3-4-8-17/h5-6,9H,3-4,7-8,10-11H2,1-2H3,(H,18,19)(H,20,21). The van der Waals surface area contributed by atoms with Crippen LogP contribution in [-0.2, 0) is 16.0 Å². The van der Waals surface area contributed by atoms with Crippen molar-refractivity contribution < 1.29 is 14.7 Å². The van der Waals surface area contributed by atoms with E-state index in [-0.39, 0.29) is 12.3 Å². The van der Waals surface area contributed by atoms with E-state index < -0.39 is 11.5 Å². The van der Waals surface area contributed by atoms with Crippen molar-refractivity contribution in [3.63, 3.8) is 0 Å². The number of amides is 1. The van der Waals surface area contributed by atoms with Gasteiger partial charge in [0.2, 0.25) is 5.91 Å².